The van der Waals surface area contributed by atoms with Gasteiger partial charge in [-0.3, -0.25) is 9.89 Å². The zero-order valence-corrected chi connectivity index (χ0v) is 18.0. The Kier molecular flexibility index (Phi) is 4.78. The standard InChI is InChI=1S/C26H27N5O/c32-26(11-6-18-4-2-1-3-5-18)31-21-7-9-24(31)19(14-21)17-30-13-12-23-25(30)10-8-22(29-23)20-15-27-28-16-20/h1-5,8,10,12-13,15-16,19,21,24H,6-7,9,11,14,17H2,(H,27,28). The van der Waals surface area contributed by atoms with E-state index in [-0.39, 0.29) is 0 Å². The number of nitrogens with zero attached hydrogens (tertiary/aromatic N) is 4. The molecule has 0 saturated carbocycles. The van der Waals surface area contributed by atoms with Crippen molar-refractivity contribution in [2.45, 2.75) is 50.7 Å². The van der Waals surface area contributed by atoms with E-state index in [0.29, 0.717) is 30.3 Å². The second-order valence-electron chi connectivity index (χ2n) is 9.14. The summed E-state index contributed by atoms with van der Waals surface area (Å²) in [6.45, 7) is 0.944. The van der Waals surface area contributed by atoms with E-state index in [9.17, 15) is 4.79 Å². The lowest BCUT2D eigenvalue weighted by atomic mass is 9.89. The van der Waals surface area contributed by atoms with Gasteiger partial charge in [0.25, 0.3) is 0 Å². The van der Waals surface area contributed by atoms with Crippen LogP contribution in [-0.2, 0) is 17.8 Å². The first-order valence-corrected chi connectivity index (χ1v) is 11.6. The molecule has 6 nitrogen and oxygen atoms in total. The minimum atomic E-state index is 0.327. The normalized spacial score (nSPS) is 22.1. The van der Waals surface area contributed by atoms with E-state index < -0.39 is 0 Å². The van der Waals surface area contributed by atoms with Crippen LogP contribution < -0.4 is 0 Å². The lowest BCUT2D eigenvalue weighted by Crippen LogP contribution is -2.37. The molecule has 4 aromatic rings. The van der Waals surface area contributed by atoms with Crippen LogP contribution in [0.4, 0.5) is 0 Å². The minimum Gasteiger partial charge on any atom is -0.346 e. The highest BCUT2D eigenvalue weighted by molar-refractivity contribution is 5.79. The number of carbonyl (C=O) groups is 1. The van der Waals surface area contributed by atoms with Crippen LogP contribution in [0.2, 0.25) is 0 Å². The molecule has 1 N–H and O–H groups in total. The number of aromatic nitrogens is 4. The summed E-state index contributed by atoms with van der Waals surface area (Å²) in [4.78, 5) is 20.1. The zero-order chi connectivity index (χ0) is 21.5. The molecule has 162 valence electrons. The van der Waals surface area contributed by atoms with Gasteiger partial charge in [0.1, 0.15) is 0 Å². The zero-order valence-electron chi connectivity index (χ0n) is 18.0. The Hall–Kier alpha value is -3.41. The minimum absolute atomic E-state index is 0.327. The molecule has 3 atom stereocenters. The molecular formula is C26H27N5O. The SMILES string of the molecule is O=C(CCc1ccccc1)N1C2CCC1C(Cn1ccc3nc(-c4cn[nH]c4)ccc31)C2. The monoisotopic (exact) mass is 425 g/mol. The first-order valence-electron chi connectivity index (χ1n) is 11.6. The summed E-state index contributed by atoms with van der Waals surface area (Å²) in [6, 6.07) is 17.4. The number of aryl methyl sites for hydroxylation is 1. The number of fused-ring (bicyclic) bond motifs is 3. The maximum Gasteiger partial charge on any atom is 0.223 e. The van der Waals surface area contributed by atoms with E-state index in [4.69, 9.17) is 4.98 Å². The molecule has 2 saturated heterocycles. The summed E-state index contributed by atoms with van der Waals surface area (Å²) in [5, 5.41) is 6.87. The Morgan fingerprint density at radius 3 is 2.84 bits per heavy atom. The number of benzene rings is 1. The molecule has 6 heteroatoms. The first kappa shape index (κ1) is 19.3. The summed E-state index contributed by atoms with van der Waals surface area (Å²) in [5.74, 6) is 0.839. The van der Waals surface area contributed by atoms with Crippen molar-refractivity contribution in [1.82, 2.24) is 24.6 Å². The number of H-pyrrole nitrogens is 1. The van der Waals surface area contributed by atoms with Gasteiger partial charge in [0.15, 0.2) is 0 Å². The van der Waals surface area contributed by atoms with Crippen molar-refractivity contribution in [3.8, 4) is 11.3 Å². The Labute approximate surface area is 187 Å². The highest BCUT2D eigenvalue weighted by Gasteiger charge is 2.48. The molecule has 0 aliphatic carbocycles. The number of nitrogens with one attached hydrogen (secondary N) is 1. The van der Waals surface area contributed by atoms with Gasteiger partial charge in [-0.2, -0.15) is 5.10 Å². The lowest BCUT2D eigenvalue weighted by molar-refractivity contribution is -0.132. The third-order valence-electron chi connectivity index (χ3n) is 7.27. The van der Waals surface area contributed by atoms with Gasteiger partial charge in [0.05, 0.1) is 22.9 Å². The van der Waals surface area contributed by atoms with Gasteiger partial charge in [0, 0.05) is 43.0 Å². The smallest absolute Gasteiger partial charge is 0.223 e. The molecule has 2 fully saturated rings. The van der Waals surface area contributed by atoms with Crippen molar-refractivity contribution < 1.29 is 4.79 Å². The Morgan fingerprint density at radius 2 is 2.00 bits per heavy atom. The summed E-state index contributed by atoms with van der Waals surface area (Å²) < 4.78 is 2.32. The Balaban J connectivity index is 1.15. The van der Waals surface area contributed by atoms with Crippen LogP contribution in [0.15, 0.2) is 67.1 Å². The third-order valence-corrected chi connectivity index (χ3v) is 7.27. The third kappa shape index (κ3) is 3.40. The molecule has 2 bridgehead atoms. The predicted octanol–water partition coefficient (Wildman–Crippen LogP) is 4.44. The van der Waals surface area contributed by atoms with Gasteiger partial charge >= 0.3 is 0 Å². The molecule has 0 radical (unpaired) electrons. The van der Waals surface area contributed by atoms with Crippen LogP contribution >= 0.6 is 0 Å². The van der Waals surface area contributed by atoms with E-state index in [0.717, 1.165) is 54.5 Å². The highest BCUT2D eigenvalue weighted by atomic mass is 16.2. The number of pyridine rings is 1. The van der Waals surface area contributed by atoms with Crippen LogP contribution in [0.25, 0.3) is 22.3 Å². The van der Waals surface area contributed by atoms with Crippen LogP contribution in [0, 0.1) is 5.92 Å². The quantitative estimate of drug-likeness (QED) is 0.497. The lowest BCUT2D eigenvalue weighted by Gasteiger charge is -2.25. The predicted molar refractivity (Wildman–Crippen MR) is 124 cm³/mol. The van der Waals surface area contributed by atoms with Crippen LogP contribution in [0.3, 0.4) is 0 Å². The van der Waals surface area contributed by atoms with Crippen molar-refractivity contribution >= 4 is 16.9 Å². The van der Waals surface area contributed by atoms with Crippen molar-refractivity contribution in [2.75, 3.05) is 0 Å². The van der Waals surface area contributed by atoms with Gasteiger partial charge in [0.2, 0.25) is 5.91 Å². The van der Waals surface area contributed by atoms with Crippen LogP contribution in [0.1, 0.15) is 31.2 Å². The average molecular weight is 426 g/mol. The van der Waals surface area contributed by atoms with Gasteiger partial charge in [-0.1, -0.05) is 30.3 Å². The number of amides is 1. The molecule has 1 amide bonds. The number of aromatic amines is 1. The molecule has 2 aliphatic rings. The van der Waals surface area contributed by atoms with E-state index in [1.165, 1.54) is 5.56 Å². The van der Waals surface area contributed by atoms with Crippen molar-refractivity contribution in [1.29, 1.82) is 0 Å². The van der Waals surface area contributed by atoms with Gasteiger partial charge < -0.3 is 9.47 Å². The van der Waals surface area contributed by atoms with Crippen LogP contribution in [-0.4, -0.2) is 42.6 Å². The maximum absolute atomic E-state index is 13.1. The molecule has 1 aromatic carbocycles. The molecule has 3 unspecified atom stereocenters. The molecule has 5 heterocycles. The van der Waals surface area contributed by atoms with Crippen molar-refractivity contribution in [3.63, 3.8) is 0 Å². The Morgan fingerprint density at radius 1 is 1.09 bits per heavy atom. The number of hydrogen-bond acceptors (Lipinski definition) is 3. The fourth-order valence-corrected chi connectivity index (χ4v) is 5.76. The maximum atomic E-state index is 13.1. The molecule has 3 aromatic heterocycles. The topological polar surface area (TPSA) is 66.8 Å². The second kappa shape index (κ2) is 7.93. The molecule has 2 aliphatic heterocycles. The first-order chi connectivity index (χ1) is 15.8. The van der Waals surface area contributed by atoms with Gasteiger partial charge in [-0.05, 0) is 55.4 Å². The number of hydrogen-bond donors (Lipinski definition) is 1. The number of rotatable bonds is 6. The van der Waals surface area contributed by atoms with E-state index in [1.807, 2.05) is 24.4 Å². The molecule has 0 spiro atoms. The van der Waals surface area contributed by atoms with Crippen molar-refractivity contribution in [2.24, 2.45) is 5.92 Å². The van der Waals surface area contributed by atoms with Crippen molar-refractivity contribution in [3.05, 3.63) is 72.7 Å². The molecular weight excluding hydrogens is 398 g/mol. The summed E-state index contributed by atoms with van der Waals surface area (Å²) >= 11 is 0. The summed E-state index contributed by atoms with van der Waals surface area (Å²) in [5.41, 5.74) is 5.33. The van der Waals surface area contributed by atoms with Crippen LogP contribution in [0.5, 0.6) is 0 Å². The Bertz CT molecular complexity index is 1230. The summed E-state index contributed by atoms with van der Waals surface area (Å²) in [7, 11) is 0. The van der Waals surface area contributed by atoms with Gasteiger partial charge in [-0.15, -0.1) is 0 Å². The summed E-state index contributed by atoms with van der Waals surface area (Å²) in [6.07, 6.45) is 10.6. The number of carbonyl (C=O) groups excluding carboxylic acids is 1. The van der Waals surface area contributed by atoms with E-state index in [2.05, 4.69) is 56.2 Å². The highest BCUT2D eigenvalue weighted by Crippen LogP contribution is 2.43. The second-order valence-corrected chi connectivity index (χ2v) is 9.14. The van der Waals surface area contributed by atoms with E-state index in [1.54, 1.807) is 6.20 Å². The van der Waals surface area contributed by atoms with Gasteiger partial charge in [-0.25, -0.2) is 4.98 Å². The van der Waals surface area contributed by atoms with E-state index >= 15 is 0 Å². The fraction of sp³-hybridized carbons (Fsp3) is 0.346. The largest absolute Gasteiger partial charge is 0.346 e. The fourth-order valence-electron chi connectivity index (χ4n) is 5.76. The molecule has 32 heavy (non-hydrogen) atoms. The molecule has 6 rings (SSSR count). The average Bonchev–Trinajstić information content (AvgIpc) is 3.62.